The van der Waals surface area contributed by atoms with Gasteiger partial charge in [-0.25, -0.2) is 4.79 Å². The molecule has 0 aromatic rings. The molecule has 0 aliphatic carbocycles. The molecular weight excluding hydrogens is 198 g/mol. The fraction of sp³-hybridized carbons (Fsp3) is 0.889. The van der Waals surface area contributed by atoms with E-state index in [0.29, 0.717) is 6.61 Å². The number of piperazine rings is 1. The first-order valence-electron chi connectivity index (χ1n) is 5.19. The molecule has 1 fully saturated rings. The second-order valence-corrected chi connectivity index (χ2v) is 3.47. The second kappa shape index (κ2) is 6.60. The first kappa shape index (κ1) is 12.2. The zero-order chi connectivity index (χ0) is 11.1. The van der Waals surface area contributed by atoms with E-state index in [2.05, 4.69) is 15.0 Å². The van der Waals surface area contributed by atoms with Gasteiger partial charge < -0.3 is 20.5 Å². The Morgan fingerprint density at radius 1 is 1.53 bits per heavy atom. The maximum Gasteiger partial charge on any atom is 0.406 e. The molecule has 1 rings (SSSR count). The predicted molar refractivity (Wildman–Crippen MR) is 55.4 cm³/mol. The Kier molecular flexibility index (Phi) is 5.38. The third kappa shape index (κ3) is 5.56. The number of nitrogens with one attached hydrogen (secondary N) is 1. The Morgan fingerprint density at radius 3 is 2.80 bits per heavy atom. The van der Waals surface area contributed by atoms with Gasteiger partial charge in [-0.2, -0.15) is 0 Å². The molecule has 0 bridgehead atoms. The summed E-state index contributed by atoms with van der Waals surface area (Å²) in [5.74, 6) is 0. The Bertz CT molecular complexity index is 195. The number of carbonyl (C=O) groups is 1. The lowest BCUT2D eigenvalue weighted by Gasteiger charge is -2.27. The van der Waals surface area contributed by atoms with Crippen LogP contribution in [0.15, 0.2) is 0 Å². The van der Waals surface area contributed by atoms with Crippen LogP contribution in [0.3, 0.4) is 0 Å². The highest BCUT2D eigenvalue weighted by molar-refractivity contribution is 5.64. The van der Waals surface area contributed by atoms with E-state index in [1.807, 2.05) is 0 Å². The summed E-state index contributed by atoms with van der Waals surface area (Å²) in [7, 11) is 0. The quantitative estimate of drug-likeness (QED) is 0.598. The van der Waals surface area contributed by atoms with E-state index < -0.39 is 12.4 Å². The van der Waals surface area contributed by atoms with Crippen LogP contribution in [0.5, 0.6) is 0 Å². The van der Waals surface area contributed by atoms with Crippen LogP contribution in [0, 0.1) is 0 Å². The molecule has 0 aromatic carbocycles. The average Bonchev–Trinajstić information content (AvgIpc) is 2.18. The van der Waals surface area contributed by atoms with Crippen LogP contribution >= 0.6 is 0 Å². The Labute approximate surface area is 89.7 Å². The second-order valence-electron chi connectivity index (χ2n) is 3.47. The number of primary amides is 1. The molecule has 6 heteroatoms. The van der Waals surface area contributed by atoms with Crippen molar-refractivity contribution in [1.29, 1.82) is 0 Å². The van der Waals surface area contributed by atoms with Crippen molar-refractivity contribution in [3.8, 4) is 0 Å². The van der Waals surface area contributed by atoms with Crippen molar-refractivity contribution in [3.05, 3.63) is 0 Å². The van der Waals surface area contributed by atoms with Gasteiger partial charge in [0.25, 0.3) is 0 Å². The summed E-state index contributed by atoms with van der Waals surface area (Å²) in [6, 6.07) is 0. The maximum atomic E-state index is 10.4. The SMILES string of the molecule is CC(OCCN1CCNCC1)OC(N)=O. The molecule has 1 amide bonds. The summed E-state index contributed by atoms with van der Waals surface area (Å²) in [6.45, 7) is 7.18. The van der Waals surface area contributed by atoms with Crippen LogP contribution in [0.25, 0.3) is 0 Å². The zero-order valence-corrected chi connectivity index (χ0v) is 9.07. The predicted octanol–water partition coefficient (Wildman–Crippen LogP) is -0.650. The van der Waals surface area contributed by atoms with Crippen LogP contribution in [0.2, 0.25) is 0 Å². The van der Waals surface area contributed by atoms with Gasteiger partial charge in [0.2, 0.25) is 6.29 Å². The largest absolute Gasteiger partial charge is 0.420 e. The molecule has 1 heterocycles. The molecule has 1 unspecified atom stereocenters. The van der Waals surface area contributed by atoms with Crippen molar-refractivity contribution in [1.82, 2.24) is 10.2 Å². The van der Waals surface area contributed by atoms with Gasteiger partial charge in [0.05, 0.1) is 6.61 Å². The molecule has 1 atom stereocenters. The van der Waals surface area contributed by atoms with Crippen molar-refractivity contribution in [3.63, 3.8) is 0 Å². The number of nitrogens with zero attached hydrogens (tertiary/aromatic N) is 1. The highest BCUT2D eigenvalue weighted by atomic mass is 16.7. The normalized spacial score (nSPS) is 19.8. The van der Waals surface area contributed by atoms with E-state index in [-0.39, 0.29) is 0 Å². The Hall–Kier alpha value is -0.850. The molecule has 3 N–H and O–H groups in total. The summed E-state index contributed by atoms with van der Waals surface area (Å²) in [6.07, 6.45) is -1.37. The first-order valence-corrected chi connectivity index (χ1v) is 5.19. The third-order valence-electron chi connectivity index (χ3n) is 2.25. The van der Waals surface area contributed by atoms with Crippen LogP contribution in [0.4, 0.5) is 4.79 Å². The highest BCUT2D eigenvalue weighted by Gasteiger charge is 2.10. The van der Waals surface area contributed by atoms with Crippen LogP contribution in [-0.2, 0) is 9.47 Å². The number of hydrogen-bond acceptors (Lipinski definition) is 5. The molecule has 0 radical (unpaired) electrons. The molecule has 0 saturated carbocycles. The standard InChI is InChI=1S/C9H19N3O3/c1-8(15-9(10)13)14-7-6-12-4-2-11-3-5-12/h8,11H,2-7H2,1H3,(H2,10,13). The minimum atomic E-state index is -0.801. The molecule has 6 nitrogen and oxygen atoms in total. The topological polar surface area (TPSA) is 76.8 Å². The smallest absolute Gasteiger partial charge is 0.406 e. The number of carbonyl (C=O) groups excluding carboxylic acids is 1. The van der Waals surface area contributed by atoms with Gasteiger partial charge in [-0.3, -0.25) is 4.90 Å². The fourth-order valence-corrected chi connectivity index (χ4v) is 1.48. The van der Waals surface area contributed by atoms with E-state index in [4.69, 9.17) is 10.5 Å². The molecule has 15 heavy (non-hydrogen) atoms. The van der Waals surface area contributed by atoms with Gasteiger partial charge in [0.1, 0.15) is 0 Å². The lowest BCUT2D eigenvalue weighted by Crippen LogP contribution is -2.44. The monoisotopic (exact) mass is 217 g/mol. The summed E-state index contributed by atoms with van der Waals surface area (Å²) < 4.78 is 9.90. The number of nitrogens with two attached hydrogens (primary N) is 1. The summed E-state index contributed by atoms with van der Waals surface area (Å²) >= 11 is 0. The maximum absolute atomic E-state index is 10.4. The van der Waals surface area contributed by atoms with Gasteiger partial charge in [-0.1, -0.05) is 0 Å². The Balaban J connectivity index is 2.02. The number of rotatable bonds is 5. The summed E-state index contributed by atoms with van der Waals surface area (Å²) in [5, 5.41) is 3.27. The molecule has 0 aromatic heterocycles. The highest BCUT2D eigenvalue weighted by Crippen LogP contribution is 1.96. The van der Waals surface area contributed by atoms with Gasteiger partial charge in [0.15, 0.2) is 0 Å². The molecule has 1 aliphatic heterocycles. The molecule has 1 saturated heterocycles. The zero-order valence-electron chi connectivity index (χ0n) is 9.07. The average molecular weight is 217 g/mol. The first-order chi connectivity index (χ1) is 7.18. The fourth-order valence-electron chi connectivity index (χ4n) is 1.48. The minimum absolute atomic E-state index is 0.550. The third-order valence-corrected chi connectivity index (χ3v) is 2.25. The van der Waals surface area contributed by atoms with Gasteiger partial charge in [0, 0.05) is 32.7 Å². The van der Waals surface area contributed by atoms with Crippen LogP contribution < -0.4 is 11.1 Å². The van der Waals surface area contributed by atoms with E-state index in [9.17, 15) is 4.79 Å². The molecule has 0 spiro atoms. The van der Waals surface area contributed by atoms with E-state index in [0.717, 1.165) is 32.7 Å². The summed E-state index contributed by atoms with van der Waals surface area (Å²) in [4.78, 5) is 12.7. The number of hydrogen-bond donors (Lipinski definition) is 2. The van der Waals surface area contributed by atoms with E-state index >= 15 is 0 Å². The van der Waals surface area contributed by atoms with Crippen molar-refractivity contribution in [2.45, 2.75) is 13.2 Å². The van der Waals surface area contributed by atoms with Crippen molar-refractivity contribution in [2.24, 2.45) is 5.73 Å². The molecule has 1 aliphatic rings. The lowest BCUT2D eigenvalue weighted by molar-refractivity contribution is -0.0928. The molecule has 88 valence electrons. The summed E-state index contributed by atoms with van der Waals surface area (Å²) in [5.41, 5.74) is 4.85. The molecular formula is C9H19N3O3. The lowest BCUT2D eigenvalue weighted by atomic mass is 10.4. The van der Waals surface area contributed by atoms with E-state index in [1.54, 1.807) is 6.92 Å². The van der Waals surface area contributed by atoms with Crippen LogP contribution in [0.1, 0.15) is 6.92 Å². The number of amides is 1. The minimum Gasteiger partial charge on any atom is -0.420 e. The van der Waals surface area contributed by atoms with Gasteiger partial charge >= 0.3 is 6.09 Å². The Morgan fingerprint density at radius 2 is 2.20 bits per heavy atom. The van der Waals surface area contributed by atoms with Gasteiger partial charge in [-0.15, -0.1) is 0 Å². The van der Waals surface area contributed by atoms with Crippen molar-refractivity contribution >= 4 is 6.09 Å². The van der Waals surface area contributed by atoms with Gasteiger partial charge in [-0.05, 0) is 6.92 Å². The number of ether oxygens (including phenoxy) is 2. The van der Waals surface area contributed by atoms with Crippen molar-refractivity contribution < 1.29 is 14.3 Å². The van der Waals surface area contributed by atoms with E-state index in [1.165, 1.54) is 0 Å². The van der Waals surface area contributed by atoms with Crippen LogP contribution in [-0.4, -0.2) is 56.6 Å². The van der Waals surface area contributed by atoms with Crippen molar-refractivity contribution in [2.75, 3.05) is 39.3 Å².